The Morgan fingerprint density at radius 3 is 3.08 bits per heavy atom. The molecule has 2 aromatic heterocycles. The second-order valence-electron chi connectivity index (χ2n) is 2.18. The van der Waals surface area contributed by atoms with Crippen molar-refractivity contribution in [3.8, 4) is 0 Å². The van der Waals surface area contributed by atoms with Gasteiger partial charge in [-0.25, -0.2) is 4.79 Å². The van der Waals surface area contributed by atoms with E-state index in [0.29, 0.717) is 11.0 Å². The first kappa shape index (κ1) is 6.71. The average molecular weight is 164 g/mol. The maximum absolute atomic E-state index is 10.6. The number of carboxylic acids is 1. The van der Waals surface area contributed by atoms with Gasteiger partial charge in [0.1, 0.15) is 11.0 Å². The molecule has 0 spiro atoms. The summed E-state index contributed by atoms with van der Waals surface area (Å²) in [6.07, 6.45) is 1.59. The standard InChI is InChI=1S/C6H4N4O2/c11-6(12)5-4-3(1-2-7-4)8-10-9-5/h1-2,7H,(H,11,12). The molecule has 0 aliphatic rings. The molecule has 0 fully saturated rings. The number of H-pyrrole nitrogens is 1. The lowest BCUT2D eigenvalue weighted by Gasteiger charge is -1.91. The highest BCUT2D eigenvalue weighted by atomic mass is 16.4. The molecule has 12 heavy (non-hydrogen) atoms. The smallest absolute Gasteiger partial charge is 0.358 e. The van der Waals surface area contributed by atoms with Crippen LogP contribution in [0.2, 0.25) is 0 Å². The second-order valence-corrected chi connectivity index (χ2v) is 2.18. The van der Waals surface area contributed by atoms with Gasteiger partial charge in [-0.1, -0.05) is 0 Å². The van der Waals surface area contributed by atoms with Gasteiger partial charge in [0.15, 0.2) is 5.69 Å². The Labute approximate surface area is 66.2 Å². The summed E-state index contributed by atoms with van der Waals surface area (Å²) >= 11 is 0. The first-order valence-electron chi connectivity index (χ1n) is 3.19. The Morgan fingerprint density at radius 1 is 1.50 bits per heavy atom. The molecule has 60 valence electrons. The summed E-state index contributed by atoms with van der Waals surface area (Å²) < 4.78 is 0. The number of carboxylic acid groups (broad SMARTS) is 1. The SMILES string of the molecule is O=C(O)c1nnnc2cc[nH]c12. The molecular formula is C6H4N4O2. The van der Waals surface area contributed by atoms with Crippen molar-refractivity contribution >= 4 is 17.0 Å². The van der Waals surface area contributed by atoms with Gasteiger partial charge in [-0.15, -0.1) is 10.2 Å². The summed E-state index contributed by atoms with van der Waals surface area (Å²) in [5.41, 5.74) is 0.796. The molecule has 0 aliphatic carbocycles. The van der Waals surface area contributed by atoms with E-state index in [0.717, 1.165) is 0 Å². The lowest BCUT2D eigenvalue weighted by Crippen LogP contribution is -2.04. The number of nitrogens with one attached hydrogen (secondary N) is 1. The highest BCUT2D eigenvalue weighted by molar-refractivity contribution is 5.98. The number of fused-ring (bicyclic) bond motifs is 1. The van der Waals surface area contributed by atoms with E-state index >= 15 is 0 Å². The zero-order valence-electron chi connectivity index (χ0n) is 5.85. The third-order valence-electron chi connectivity index (χ3n) is 1.46. The van der Waals surface area contributed by atoms with E-state index < -0.39 is 5.97 Å². The fraction of sp³-hybridized carbons (Fsp3) is 0. The molecule has 0 saturated heterocycles. The summed E-state index contributed by atoms with van der Waals surface area (Å²) in [5.74, 6) is -1.11. The number of carbonyl (C=O) groups is 1. The molecule has 0 bridgehead atoms. The molecular weight excluding hydrogens is 160 g/mol. The summed E-state index contributed by atoms with van der Waals surface area (Å²) in [5, 5.41) is 19.0. The van der Waals surface area contributed by atoms with E-state index in [9.17, 15) is 4.79 Å². The van der Waals surface area contributed by atoms with Crippen molar-refractivity contribution in [2.75, 3.05) is 0 Å². The molecule has 2 heterocycles. The van der Waals surface area contributed by atoms with Crippen LogP contribution >= 0.6 is 0 Å². The molecule has 0 atom stereocenters. The van der Waals surface area contributed by atoms with Crippen molar-refractivity contribution in [3.63, 3.8) is 0 Å². The third-order valence-corrected chi connectivity index (χ3v) is 1.46. The number of aromatic carboxylic acids is 1. The van der Waals surface area contributed by atoms with Crippen LogP contribution in [0.3, 0.4) is 0 Å². The number of rotatable bonds is 1. The normalized spacial score (nSPS) is 10.3. The number of hydrogen-bond acceptors (Lipinski definition) is 4. The van der Waals surface area contributed by atoms with Crippen molar-refractivity contribution in [2.45, 2.75) is 0 Å². The van der Waals surface area contributed by atoms with E-state index in [1.807, 2.05) is 0 Å². The van der Waals surface area contributed by atoms with Crippen molar-refractivity contribution in [1.82, 2.24) is 20.4 Å². The van der Waals surface area contributed by atoms with Gasteiger partial charge in [0, 0.05) is 6.20 Å². The molecule has 6 heteroatoms. The molecule has 0 amide bonds. The van der Waals surface area contributed by atoms with E-state index in [-0.39, 0.29) is 5.69 Å². The zero-order chi connectivity index (χ0) is 8.55. The van der Waals surface area contributed by atoms with Gasteiger partial charge >= 0.3 is 5.97 Å². The average Bonchev–Trinajstić information content (AvgIpc) is 2.49. The molecule has 2 rings (SSSR count). The van der Waals surface area contributed by atoms with Gasteiger partial charge in [-0.3, -0.25) is 0 Å². The molecule has 0 aliphatic heterocycles. The largest absolute Gasteiger partial charge is 0.476 e. The topological polar surface area (TPSA) is 91.8 Å². The molecule has 0 aromatic carbocycles. The van der Waals surface area contributed by atoms with Crippen molar-refractivity contribution in [3.05, 3.63) is 18.0 Å². The minimum absolute atomic E-state index is 0.106. The van der Waals surface area contributed by atoms with Crippen LogP contribution in [0.15, 0.2) is 12.3 Å². The Bertz CT molecular complexity index is 436. The van der Waals surface area contributed by atoms with Crippen LogP contribution in [0.25, 0.3) is 11.0 Å². The monoisotopic (exact) mass is 164 g/mol. The fourth-order valence-corrected chi connectivity index (χ4v) is 0.949. The summed E-state index contributed by atoms with van der Waals surface area (Å²) in [4.78, 5) is 13.3. The van der Waals surface area contributed by atoms with Crippen molar-refractivity contribution in [2.24, 2.45) is 0 Å². The predicted octanol–water partition coefficient (Wildman–Crippen LogP) is 0.0511. The Hall–Kier alpha value is -1.98. The van der Waals surface area contributed by atoms with E-state index in [1.165, 1.54) is 0 Å². The molecule has 2 N–H and O–H groups in total. The minimum atomic E-state index is -1.11. The van der Waals surface area contributed by atoms with Crippen LogP contribution in [0, 0.1) is 0 Å². The minimum Gasteiger partial charge on any atom is -0.476 e. The lowest BCUT2D eigenvalue weighted by atomic mass is 10.3. The second kappa shape index (κ2) is 2.26. The maximum atomic E-state index is 10.6. The van der Waals surface area contributed by atoms with Crippen molar-refractivity contribution < 1.29 is 9.90 Å². The predicted molar refractivity (Wildman–Crippen MR) is 38.6 cm³/mol. The summed E-state index contributed by atoms with van der Waals surface area (Å²) in [6, 6.07) is 1.64. The number of aromatic nitrogens is 4. The lowest BCUT2D eigenvalue weighted by molar-refractivity contribution is 0.0691. The van der Waals surface area contributed by atoms with Gasteiger partial charge in [-0.2, -0.15) is 0 Å². The summed E-state index contributed by atoms with van der Waals surface area (Å²) in [6.45, 7) is 0. The molecule has 6 nitrogen and oxygen atoms in total. The first-order chi connectivity index (χ1) is 5.79. The van der Waals surface area contributed by atoms with Crippen LogP contribution in [-0.4, -0.2) is 31.5 Å². The first-order valence-corrected chi connectivity index (χ1v) is 3.19. The fourth-order valence-electron chi connectivity index (χ4n) is 0.949. The maximum Gasteiger partial charge on any atom is 0.358 e. The molecule has 0 unspecified atom stereocenters. The van der Waals surface area contributed by atoms with Gasteiger partial charge < -0.3 is 10.1 Å². The zero-order valence-corrected chi connectivity index (χ0v) is 5.85. The molecule has 2 aromatic rings. The highest BCUT2D eigenvalue weighted by Gasteiger charge is 2.11. The molecule has 0 saturated carbocycles. The van der Waals surface area contributed by atoms with Crippen LogP contribution in [0.4, 0.5) is 0 Å². The Kier molecular flexibility index (Phi) is 1.26. The quantitative estimate of drug-likeness (QED) is 0.621. The van der Waals surface area contributed by atoms with Crippen LogP contribution < -0.4 is 0 Å². The van der Waals surface area contributed by atoms with Crippen LogP contribution in [0.5, 0.6) is 0 Å². The molecule has 0 radical (unpaired) electrons. The summed E-state index contributed by atoms with van der Waals surface area (Å²) in [7, 11) is 0. The van der Waals surface area contributed by atoms with Crippen LogP contribution in [0.1, 0.15) is 10.5 Å². The van der Waals surface area contributed by atoms with E-state index in [1.54, 1.807) is 12.3 Å². The van der Waals surface area contributed by atoms with Gasteiger partial charge in [0.2, 0.25) is 0 Å². The van der Waals surface area contributed by atoms with Gasteiger partial charge in [-0.05, 0) is 11.3 Å². The van der Waals surface area contributed by atoms with Gasteiger partial charge in [0.25, 0.3) is 0 Å². The van der Waals surface area contributed by atoms with Crippen LogP contribution in [-0.2, 0) is 0 Å². The van der Waals surface area contributed by atoms with Gasteiger partial charge in [0.05, 0.1) is 0 Å². The van der Waals surface area contributed by atoms with E-state index in [4.69, 9.17) is 5.11 Å². The van der Waals surface area contributed by atoms with Crippen molar-refractivity contribution in [1.29, 1.82) is 0 Å². The Balaban J connectivity index is 2.82. The number of nitrogens with zero attached hydrogens (tertiary/aromatic N) is 3. The highest BCUT2D eigenvalue weighted by Crippen LogP contribution is 2.09. The Morgan fingerprint density at radius 2 is 2.33 bits per heavy atom. The number of aromatic amines is 1. The third kappa shape index (κ3) is 0.815. The van der Waals surface area contributed by atoms with E-state index in [2.05, 4.69) is 20.4 Å². The number of hydrogen-bond donors (Lipinski definition) is 2.